The summed E-state index contributed by atoms with van der Waals surface area (Å²) in [5.41, 5.74) is 2.93. The summed E-state index contributed by atoms with van der Waals surface area (Å²) in [7, 11) is 0. The summed E-state index contributed by atoms with van der Waals surface area (Å²) in [4.78, 5) is 3.10. The molecule has 2 aromatic carbocycles. The zero-order valence-corrected chi connectivity index (χ0v) is 12.4. The molecule has 6 heteroatoms. The smallest absolute Gasteiger partial charge is 0.182 e. The molecule has 0 unspecified atom stereocenters. The number of imidazole rings is 1. The Bertz CT molecular complexity index is 918. The van der Waals surface area contributed by atoms with Crippen LogP contribution in [0.4, 0.5) is 0 Å². The molecule has 0 aliphatic heterocycles. The van der Waals surface area contributed by atoms with Crippen molar-refractivity contribution in [1.29, 1.82) is 5.26 Å². The Hall–Kier alpha value is -1.80. The fourth-order valence-electron chi connectivity index (χ4n) is 2.07. The summed E-state index contributed by atoms with van der Waals surface area (Å²) in [6, 6.07) is 12.6. The summed E-state index contributed by atoms with van der Waals surface area (Å²) in [6.07, 6.45) is 0. The number of hydrogen-bond donors (Lipinski definition) is 1. The van der Waals surface area contributed by atoms with Crippen LogP contribution in [0.2, 0.25) is 10.0 Å². The molecule has 1 aromatic heterocycles. The van der Waals surface area contributed by atoms with Gasteiger partial charge in [-0.3, -0.25) is 4.57 Å². The van der Waals surface area contributed by atoms with Gasteiger partial charge in [-0.2, -0.15) is 5.26 Å². The second-order valence-corrected chi connectivity index (χ2v) is 5.44. The van der Waals surface area contributed by atoms with Crippen molar-refractivity contribution in [3.8, 4) is 11.8 Å². The van der Waals surface area contributed by atoms with Gasteiger partial charge in [0, 0.05) is 5.02 Å². The van der Waals surface area contributed by atoms with E-state index >= 15 is 0 Å². The quantitative estimate of drug-likeness (QED) is 0.650. The minimum atomic E-state index is 0.459. The highest BCUT2D eigenvalue weighted by Crippen LogP contribution is 2.27. The monoisotopic (exact) mass is 319 g/mol. The Labute approximate surface area is 130 Å². The molecule has 0 atom stereocenters. The highest BCUT2D eigenvalue weighted by Gasteiger charge is 2.10. The number of rotatable bonds is 1. The van der Waals surface area contributed by atoms with Crippen molar-refractivity contribution in [1.82, 2.24) is 9.55 Å². The van der Waals surface area contributed by atoms with Crippen LogP contribution in [0, 0.1) is 16.1 Å². The van der Waals surface area contributed by atoms with Gasteiger partial charge in [0.1, 0.15) is 0 Å². The molecule has 0 radical (unpaired) electrons. The highest BCUT2D eigenvalue weighted by molar-refractivity contribution is 7.71. The number of fused-ring (bicyclic) bond motifs is 1. The summed E-state index contributed by atoms with van der Waals surface area (Å²) < 4.78 is 2.33. The molecular weight excluding hydrogens is 313 g/mol. The molecule has 1 N–H and O–H groups in total. The molecule has 98 valence electrons. The maximum Gasteiger partial charge on any atom is 0.182 e. The van der Waals surface area contributed by atoms with E-state index in [1.165, 1.54) is 0 Å². The molecule has 0 bridgehead atoms. The van der Waals surface area contributed by atoms with E-state index in [0.29, 0.717) is 26.1 Å². The lowest BCUT2D eigenvalue weighted by Crippen LogP contribution is -1.95. The van der Waals surface area contributed by atoms with Crippen LogP contribution in [-0.2, 0) is 0 Å². The fourth-order valence-corrected chi connectivity index (χ4v) is 2.81. The Morgan fingerprint density at radius 3 is 2.65 bits per heavy atom. The number of halogens is 2. The Morgan fingerprint density at radius 1 is 1.15 bits per heavy atom. The van der Waals surface area contributed by atoms with Crippen LogP contribution in [-0.4, -0.2) is 9.55 Å². The second kappa shape index (κ2) is 4.95. The molecule has 0 aliphatic rings. The van der Waals surface area contributed by atoms with E-state index in [0.717, 1.165) is 11.0 Å². The number of nitrogens with zero attached hydrogens (tertiary/aromatic N) is 2. The van der Waals surface area contributed by atoms with Crippen LogP contribution in [0.1, 0.15) is 5.56 Å². The predicted molar refractivity (Wildman–Crippen MR) is 83.2 cm³/mol. The third-order valence-corrected chi connectivity index (χ3v) is 3.79. The van der Waals surface area contributed by atoms with Gasteiger partial charge in [-0.05, 0) is 48.6 Å². The van der Waals surface area contributed by atoms with E-state index in [4.69, 9.17) is 40.7 Å². The van der Waals surface area contributed by atoms with E-state index < -0.39 is 0 Å². The Balaban J connectivity index is 2.35. The number of nitriles is 1. The summed E-state index contributed by atoms with van der Waals surface area (Å²) in [6.45, 7) is 0. The van der Waals surface area contributed by atoms with Crippen molar-refractivity contribution in [2.24, 2.45) is 0 Å². The van der Waals surface area contributed by atoms with Crippen molar-refractivity contribution >= 4 is 46.5 Å². The minimum absolute atomic E-state index is 0.459. The normalized spacial score (nSPS) is 10.7. The first kappa shape index (κ1) is 13.2. The first-order valence-corrected chi connectivity index (χ1v) is 6.87. The van der Waals surface area contributed by atoms with E-state index in [1.54, 1.807) is 28.8 Å². The second-order valence-electron chi connectivity index (χ2n) is 4.21. The Kier molecular flexibility index (Phi) is 3.27. The minimum Gasteiger partial charge on any atom is -0.330 e. The van der Waals surface area contributed by atoms with Gasteiger partial charge in [0.25, 0.3) is 0 Å². The van der Waals surface area contributed by atoms with Crippen LogP contribution >= 0.6 is 35.4 Å². The van der Waals surface area contributed by atoms with Gasteiger partial charge < -0.3 is 4.98 Å². The van der Waals surface area contributed by atoms with Crippen LogP contribution in [0.5, 0.6) is 0 Å². The molecule has 3 aromatic rings. The lowest BCUT2D eigenvalue weighted by Gasteiger charge is -2.07. The number of nitrogens with one attached hydrogen (secondary N) is 1. The average Bonchev–Trinajstić information content (AvgIpc) is 2.74. The summed E-state index contributed by atoms with van der Waals surface area (Å²) >= 11 is 17.6. The summed E-state index contributed by atoms with van der Waals surface area (Å²) in [5, 5.41) is 9.96. The van der Waals surface area contributed by atoms with Crippen LogP contribution < -0.4 is 0 Å². The molecule has 0 spiro atoms. The number of aromatic amines is 1. The van der Waals surface area contributed by atoms with E-state index in [2.05, 4.69) is 11.1 Å². The van der Waals surface area contributed by atoms with Gasteiger partial charge in [0.05, 0.1) is 33.4 Å². The van der Waals surface area contributed by atoms with Crippen molar-refractivity contribution in [3.63, 3.8) is 0 Å². The SMILES string of the molecule is N#Cc1ccc(-n2c(=S)[nH]c3ccc(Cl)cc32)c(Cl)c1. The zero-order chi connectivity index (χ0) is 14.3. The summed E-state index contributed by atoms with van der Waals surface area (Å²) in [5.74, 6) is 0. The standard InChI is InChI=1S/C14H7Cl2N3S/c15-9-2-3-11-13(6-9)19(14(20)18-11)12-4-1-8(7-17)5-10(12)16/h1-6H,(H,18,20). The molecule has 3 nitrogen and oxygen atoms in total. The van der Waals surface area contributed by atoms with Crippen molar-refractivity contribution in [2.75, 3.05) is 0 Å². The molecule has 3 rings (SSSR count). The maximum atomic E-state index is 8.89. The van der Waals surface area contributed by atoms with Gasteiger partial charge >= 0.3 is 0 Å². The van der Waals surface area contributed by atoms with E-state index in [1.807, 2.05) is 12.1 Å². The number of H-pyrrole nitrogens is 1. The molecule has 0 aliphatic carbocycles. The van der Waals surface area contributed by atoms with Crippen molar-refractivity contribution in [3.05, 3.63) is 56.8 Å². The van der Waals surface area contributed by atoms with E-state index in [-0.39, 0.29) is 0 Å². The molecular formula is C14H7Cl2N3S. The number of benzene rings is 2. The van der Waals surface area contributed by atoms with Gasteiger partial charge in [-0.25, -0.2) is 0 Å². The van der Waals surface area contributed by atoms with Crippen molar-refractivity contribution in [2.45, 2.75) is 0 Å². The first-order chi connectivity index (χ1) is 9.60. The molecule has 20 heavy (non-hydrogen) atoms. The van der Waals surface area contributed by atoms with Gasteiger partial charge in [0.2, 0.25) is 0 Å². The maximum absolute atomic E-state index is 8.89. The van der Waals surface area contributed by atoms with Gasteiger partial charge in [-0.15, -0.1) is 0 Å². The van der Waals surface area contributed by atoms with Crippen LogP contribution in [0.3, 0.4) is 0 Å². The van der Waals surface area contributed by atoms with E-state index in [9.17, 15) is 0 Å². The molecule has 0 saturated carbocycles. The van der Waals surface area contributed by atoms with Crippen LogP contribution in [0.15, 0.2) is 36.4 Å². The van der Waals surface area contributed by atoms with Gasteiger partial charge in [0.15, 0.2) is 4.77 Å². The predicted octanol–water partition coefficient (Wildman–Crippen LogP) is 4.87. The average molecular weight is 320 g/mol. The number of hydrogen-bond acceptors (Lipinski definition) is 2. The third-order valence-electron chi connectivity index (χ3n) is 2.96. The molecule has 0 amide bonds. The Morgan fingerprint density at radius 2 is 1.95 bits per heavy atom. The fraction of sp³-hybridized carbons (Fsp3) is 0. The molecule has 0 saturated heterocycles. The van der Waals surface area contributed by atoms with Crippen molar-refractivity contribution < 1.29 is 0 Å². The van der Waals surface area contributed by atoms with Gasteiger partial charge in [-0.1, -0.05) is 23.2 Å². The molecule has 1 heterocycles. The number of aromatic nitrogens is 2. The topological polar surface area (TPSA) is 44.5 Å². The lowest BCUT2D eigenvalue weighted by atomic mass is 10.2. The zero-order valence-electron chi connectivity index (χ0n) is 10.0. The lowest BCUT2D eigenvalue weighted by molar-refractivity contribution is 1.06. The highest BCUT2D eigenvalue weighted by atomic mass is 35.5. The third kappa shape index (κ3) is 2.10. The molecule has 0 fully saturated rings. The largest absolute Gasteiger partial charge is 0.330 e. The van der Waals surface area contributed by atoms with Crippen LogP contribution in [0.25, 0.3) is 16.7 Å². The first-order valence-electron chi connectivity index (χ1n) is 5.70.